The fraction of sp³-hybridized carbons (Fsp3) is 0.625. The van der Waals surface area contributed by atoms with Crippen LogP contribution in [0.2, 0.25) is 0 Å². The number of hydrogen-bond donors (Lipinski definition) is 2. The van der Waals surface area contributed by atoms with Gasteiger partial charge in [-0.25, -0.2) is 0 Å². The summed E-state index contributed by atoms with van der Waals surface area (Å²) in [5, 5.41) is 0. The van der Waals surface area contributed by atoms with Gasteiger partial charge in [0.15, 0.2) is 0 Å². The molecule has 2 saturated heterocycles. The van der Waals surface area contributed by atoms with E-state index in [1.165, 1.54) is 11.1 Å². The molecule has 0 saturated carbocycles. The summed E-state index contributed by atoms with van der Waals surface area (Å²) in [5.74, 6) is 6.35. The molecule has 4 nitrogen and oxygen atoms in total. The number of nitrogens with two attached hydrogens (primary N) is 1. The highest BCUT2D eigenvalue weighted by Crippen LogP contribution is 2.41. The van der Waals surface area contributed by atoms with Crippen LogP contribution < -0.4 is 11.3 Å². The van der Waals surface area contributed by atoms with Crippen molar-refractivity contribution in [3.8, 4) is 0 Å². The lowest BCUT2D eigenvalue weighted by molar-refractivity contribution is -0.103. The molecule has 21 heavy (non-hydrogen) atoms. The van der Waals surface area contributed by atoms with Gasteiger partial charge in [-0.15, -0.1) is 0 Å². The molecular formula is C16H23BrN2O2. The molecule has 0 aromatic heterocycles. The Morgan fingerprint density at radius 3 is 2.95 bits per heavy atom. The Morgan fingerprint density at radius 2 is 2.29 bits per heavy atom. The second kappa shape index (κ2) is 6.34. The number of aryl methyl sites for hydroxylation is 1. The lowest BCUT2D eigenvalue weighted by atomic mass is 9.79. The van der Waals surface area contributed by atoms with E-state index in [0.29, 0.717) is 5.92 Å². The summed E-state index contributed by atoms with van der Waals surface area (Å²) >= 11 is 3.61. The Balaban J connectivity index is 1.80. The molecular weight excluding hydrogens is 332 g/mol. The maximum Gasteiger partial charge on any atom is 0.0940 e. The van der Waals surface area contributed by atoms with Gasteiger partial charge < -0.3 is 9.47 Å². The normalized spacial score (nSPS) is 30.7. The first-order valence-electron chi connectivity index (χ1n) is 7.57. The van der Waals surface area contributed by atoms with Gasteiger partial charge in [-0.3, -0.25) is 11.3 Å². The van der Waals surface area contributed by atoms with Gasteiger partial charge in [-0.2, -0.15) is 0 Å². The van der Waals surface area contributed by atoms with E-state index in [0.717, 1.165) is 43.6 Å². The van der Waals surface area contributed by atoms with Crippen LogP contribution in [0.4, 0.5) is 0 Å². The standard InChI is InChI=1S/C16H23BrN2O2/c1-11-2-3-12(8-14(11)17)15(19-18)13-4-6-21-16(9-13)5-7-20-10-16/h2-3,8,13,15,19H,4-7,9-10,18H2,1H3. The molecule has 0 amide bonds. The molecule has 0 aliphatic carbocycles. The van der Waals surface area contributed by atoms with E-state index in [1.54, 1.807) is 0 Å². The topological polar surface area (TPSA) is 56.5 Å². The van der Waals surface area contributed by atoms with Crippen molar-refractivity contribution >= 4 is 15.9 Å². The van der Waals surface area contributed by atoms with E-state index in [2.05, 4.69) is 46.5 Å². The zero-order valence-corrected chi connectivity index (χ0v) is 14.0. The van der Waals surface area contributed by atoms with Crippen LogP contribution in [0.3, 0.4) is 0 Å². The van der Waals surface area contributed by atoms with E-state index in [9.17, 15) is 0 Å². The Morgan fingerprint density at radius 1 is 1.43 bits per heavy atom. The van der Waals surface area contributed by atoms with E-state index < -0.39 is 0 Å². The zero-order chi connectivity index (χ0) is 14.9. The third-order valence-electron chi connectivity index (χ3n) is 4.80. The van der Waals surface area contributed by atoms with Gasteiger partial charge in [0, 0.05) is 30.1 Å². The van der Waals surface area contributed by atoms with Crippen LogP contribution >= 0.6 is 15.9 Å². The van der Waals surface area contributed by atoms with E-state index in [-0.39, 0.29) is 11.6 Å². The number of benzene rings is 1. The highest BCUT2D eigenvalue weighted by molar-refractivity contribution is 9.10. The number of hydrogen-bond acceptors (Lipinski definition) is 4. The molecule has 0 bridgehead atoms. The van der Waals surface area contributed by atoms with E-state index in [1.807, 2.05) is 0 Å². The van der Waals surface area contributed by atoms with Crippen LogP contribution in [-0.2, 0) is 9.47 Å². The molecule has 1 aromatic rings. The molecule has 3 unspecified atom stereocenters. The minimum atomic E-state index is -0.0834. The lowest BCUT2D eigenvalue weighted by Crippen LogP contribution is -2.45. The molecule has 2 aliphatic rings. The summed E-state index contributed by atoms with van der Waals surface area (Å²) < 4.78 is 12.7. The quantitative estimate of drug-likeness (QED) is 0.647. The molecule has 5 heteroatoms. The second-order valence-electron chi connectivity index (χ2n) is 6.24. The minimum absolute atomic E-state index is 0.0834. The SMILES string of the molecule is Cc1ccc(C(NN)C2CCOC3(CCOC3)C2)cc1Br. The summed E-state index contributed by atoms with van der Waals surface area (Å²) in [6, 6.07) is 6.63. The molecule has 1 aromatic carbocycles. The highest BCUT2D eigenvalue weighted by atomic mass is 79.9. The van der Waals surface area contributed by atoms with Crippen LogP contribution in [0, 0.1) is 12.8 Å². The predicted molar refractivity (Wildman–Crippen MR) is 85.8 cm³/mol. The monoisotopic (exact) mass is 354 g/mol. The predicted octanol–water partition coefficient (Wildman–Crippen LogP) is 2.85. The van der Waals surface area contributed by atoms with Crippen molar-refractivity contribution in [3.63, 3.8) is 0 Å². The van der Waals surface area contributed by atoms with Crippen LogP contribution in [0.25, 0.3) is 0 Å². The maximum atomic E-state index is 6.03. The number of nitrogens with one attached hydrogen (secondary N) is 1. The fourth-order valence-electron chi connectivity index (χ4n) is 3.52. The van der Waals surface area contributed by atoms with E-state index in [4.69, 9.17) is 15.3 Å². The van der Waals surface area contributed by atoms with Crippen LogP contribution in [-0.4, -0.2) is 25.4 Å². The largest absolute Gasteiger partial charge is 0.378 e. The van der Waals surface area contributed by atoms with Crippen molar-refractivity contribution < 1.29 is 9.47 Å². The Bertz CT molecular complexity index is 503. The number of hydrazine groups is 1. The fourth-order valence-corrected chi connectivity index (χ4v) is 3.92. The average molecular weight is 355 g/mol. The Labute approximate surface area is 134 Å². The number of rotatable bonds is 3. The summed E-state index contributed by atoms with van der Waals surface area (Å²) in [6.45, 7) is 4.42. The van der Waals surface area contributed by atoms with Crippen molar-refractivity contribution in [1.29, 1.82) is 0 Å². The van der Waals surface area contributed by atoms with Gasteiger partial charge in [0.1, 0.15) is 0 Å². The van der Waals surface area contributed by atoms with Gasteiger partial charge in [0.05, 0.1) is 12.2 Å². The first kappa shape index (κ1) is 15.4. The van der Waals surface area contributed by atoms with Crippen molar-refractivity contribution in [2.75, 3.05) is 19.8 Å². The van der Waals surface area contributed by atoms with Crippen LogP contribution in [0.5, 0.6) is 0 Å². The van der Waals surface area contributed by atoms with Gasteiger partial charge in [0.25, 0.3) is 0 Å². The summed E-state index contributed by atoms with van der Waals surface area (Å²) in [6.07, 6.45) is 3.04. The molecule has 0 radical (unpaired) electrons. The summed E-state index contributed by atoms with van der Waals surface area (Å²) in [5.41, 5.74) is 5.41. The minimum Gasteiger partial charge on any atom is -0.378 e. The smallest absolute Gasteiger partial charge is 0.0940 e. The summed E-state index contributed by atoms with van der Waals surface area (Å²) in [4.78, 5) is 0. The van der Waals surface area contributed by atoms with E-state index >= 15 is 0 Å². The van der Waals surface area contributed by atoms with Crippen molar-refractivity contribution in [2.45, 2.75) is 37.8 Å². The Hall–Kier alpha value is -0.460. The Kier molecular flexibility index (Phi) is 4.66. The van der Waals surface area contributed by atoms with Crippen molar-refractivity contribution in [3.05, 3.63) is 33.8 Å². The van der Waals surface area contributed by atoms with Crippen LogP contribution in [0.15, 0.2) is 22.7 Å². The molecule has 2 aliphatic heterocycles. The van der Waals surface area contributed by atoms with Crippen molar-refractivity contribution in [1.82, 2.24) is 5.43 Å². The molecule has 1 spiro atoms. The zero-order valence-electron chi connectivity index (χ0n) is 12.4. The van der Waals surface area contributed by atoms with Gasteiger partial charge >= 0.3 is 0 Å². The van der Waals surface area contributed by atoms with Gasteiger partial charge in [-0.1, -0.05) is 28.1 Å². The van der Waals surface area contributed by atoms with Gasteiger partial charge in [0.2, 0.25) is 0 Å². The first-order chi connectivity index (χ1) is 10.1. The second-order valence-corrected chi connectivity index (χ2v) is 7.09. The highest BCUT2D eigenvalue weighted by Gasteiger charge is 2.43. The molecule has 3 N–H and O–H groups in total. The van der Waals surface area contributed by atoms with Crippen molar-refractivity contribution in [2.24, 2.45) is 11.8 Å². The third-order valence-corrected chi connectivity index (χ3v) is 5.66. The van der Waals surface area contributed by atoms with Crippen LogP contribution in [0.1, 0.15) is 36.4 Å². The average Bonchev–Trinajstić information content (AvgIpc) is 2.91. The van der Waals surface area contributed by atoms with Gasteiger partial charge in [-0.05, 0) is 42.9 Å². The molecule has 3 atom stereocenters. The molecule has 3 rings (SSSR count). The molecule has 116 valence electrons. The third kappa shape index (κ3) is 3.17. The molecule has 2 fully saturated rings. The maximum absolute atomic E-state index is 6.03. The lowest BCUT2D eigenvalue weighted by Gasteiger charge is -2.40. The summed E-state index contributed by atoms with van der Waals surface area (Å²) in [7, 11) is 0. The molecule has 2 heterocycles. The number of halogens is 1. The number of ether oxygens (including phenoxy) is 2. The first-order valence-corrected chi connectivity index (χ1v) is 8.37.